The maximum atomic E-state index is 13.9. The van der Waals surface area contributed by atoms with Crippen LogP contribution >= 0.6 is 0 Å². The van der Waals surface area contributed by atoms with E-state index in [9.17, 15) is 9.59 Å². The van der Waals surface area contributed by atoms with E-state index in [0.717, 1.165) is 11.3 Å². The van der Waals surface area contributed by atoms with Crippen LogP contribution in [0.2, 0.25) is 0 Å². The first-order valence-electron chi connectivity index (χ1n) is 11.2. The molecule has 0 bridgehead atoms. The van der Waals surface area contributed by atoms with Gasteiger partial charge in [-0.2, -0.15) is 5.10 Å². The first kappa shape index (κ1) is 21.3. The van der Waals surface area contributed by atoms with Crippen molar-refractivity contribution in [1.82, 2.24) is 0 Å². The SMILES string of the molecule is O=C(Nc1ccccc1)C1=NN(c2ccccc2)[C@@H](C(=O)c2ccccc2)[C@@H]1c1ccccc1. The minimum atomic E-state index is -0.705. The second kappa shape index (κ2) is 9.55. The van der Waals surface area contributed by atoms with Crippen molar-refractivity contribution in [2.24, 2.45) is 5.10 Å². The second-order valence-corrected chi connectivity index (χ2v) is 8.05. The van der Waals surface area contributed by atoms with E-state index >= 15 is 0 Å². The smallest absolute Gasteiger partial charge is 0.272 e. The fourth-order valence-electron chi connectivity index (χ4n) is 4.27. The van der Waals surface area contributed by atoms with E-state index in [2.05, 4.69) is 5.32 Å². The van der Waals surface area contributed by atoms with Gasteiger partial charge in [-0.1, -0.05) is 97.1 Å². The number of amides is 1. The predicted molar refractivity (Wildman–Crippen MR) is 135 cm³/mol. The Balaban J connectivity index is 1.62. The van der Waals surface area contributed by atoms with Gasteiger partial charge in [-0.05, 0) is 29.8 Å². The quantitative estimate of drug-likeness (QED) is 0.397. The molecule has 2 atom stereocenters. The zero-order valence-corrected chi connectivity index (χ0v) is 18.4. The summed E-state index contributed by atoms with van der Waals surface area (Å²) >= 11 is 0. The Kier molecular flexibility index (Phi) is 5.99. The average molecular weight is 446 g/mol. The molecule has 4 aromatic carbocycles. The Bertz CT molecular complexity index is 1310. The third kappa shape index (κ3) is 4.24. The highest BCUT2D eigenvalue weighted by Gasteiger charge is 2.46. The van der Waals surface area contributed by atoms with Crippen LogP contribution in [-0.2, 0) is 4.79 Å². The van der Waals surface area contributed by atoms with Crippen LogP contribution in [0, 0.1) is 0 Å². The summed E-state index contributed by atoms with van der Waals surface area (Å²) in [5, 5.41) is 9.39. The molecule has 1 aliphatic rings. The lowest BCUT2D eigenvalue weighted by molar-refractivity contribution is -0.110. The van der Waals surface area contributed by atoms with E-state index in [-0.39, 0.29) is 11.7 Å². The molecular weight excluding hydrogens is 422 g/mol. The van der Waals surface area contributed by atoms with E-state index < -0.39 is 12.0 Å². The third-order valence-electron chi connectivity index (χ3n) is 5.86. The number of nitrogens with zero attached hydrogens (tertiary/aromatic N) is 2. The molecule has 5 rings (SSSR count). The first-order chi connectivity index (χ1) is 16.7. The van der Waals surface area contributed by atoms with E-state index in [4.69, 9.17) is 5.10 Å². The highest BCUT2D eigenvalue weighted by Crippen LogP contribution is 2.37. The monoisotopic (exact) mass is 445 g/mol. The van der Waals surface area contributed by atoms with Crippen molar-refractivity contribution in [3.8, 4) is 0 Å². The van der Waals surface area contributed by atoms with Gasteiger partial charge in [0.1, 0.15) is 11.8 Å². The minimum absolute atomic E-state index is 0.0930. The number of rotatable bonds is 6. The van der Waals surface area contributed by atoms with Crippen molar-refractivity contribution in [2.75, 3.05) is 10.3 Å². The van der Waals surface area contributed by atoms with Crippen LogP contribution in [0.3, 0.4) is 0 Å². The molecular formula is C29H23N3O2. The maximum Gasteiger partial charge on any atom is 0.272 e. The summed E-state index contributed by atoms with van der Waals surface area (Å²) in [6, 6.07) is 36.9. The van der Waals surface area contributed by atoms with Gasteiger partial charge < -0.3 is 5.32 Å². The van der Waals surface area contributed by atoms with Crippen molar-refractivity contribution in [2.45, 2.75) is 12.0 Å². The van der Waals surface area contributed by atoms with E-state index in [1.807, 2.05) is 109 Å². The van der Waals surface area contributed by atoms with Crippen LogP contribution < -0.4 is 10.3 Å². The molecule has 1 heterocycles. The van der Waals surface area contributed by atoms with Crippen molar-refractivity contribution in [1.29, 1.82) is 0 Å². The van der Waals surface area contributed by atoms with Gasteiger partial charge in [0.05, 0.1) is 11.6 Å². The van der Waals surface area contributed by atoms with Gasteiger partial charge >= 0.3 is 0 Å². The largest absolute Gasteiger partial charge is 0.321 e. The number of ketones is 1. The number of hydrogen-bond acceptors (Lipinski definition) is 4. The number of Topliss-reactive ketones (excluding diaryl/α,β-unsaturated/α-hetero) is 1. The summed E-state index contributed by atoms with van der Waals surface area (Å²) in [6.07, 6.45) is 0. The molecule has 4 aromatic rings. The average Bonchev–Trinajstić information content (AvgIpc) is 3.31. The third-order valence-corrected chi connectivity index (χ3v) is 5.86. The van der Waals surface area contributed by atoms with Gasteiger partial charge in [0.2, 0.25) is 0 Å². The predicted octanol–water partition coefficient (Wildman–Crippen LogP) is 5.54. The van der Waals surface area contributed by atoms with Crippen LogP contribution in [0.5, 0.6) is 0 Å². The molecule has 0 aliphatic carbocycles. The topological polar surface area (TPSA) is 61.8 Å². The Morgan fingerprint density at radius 1 is 0.676 bits per heavy atom. The zero-order chi connectivity index (χ0) is 23.3. The molecule has 1 amide bonds. The number of carbonyl (C=O) groups excluding carboxylic acids is 2. The van der Waals surface area contributed by atoms with Gasteiger partial charge in [-0.3, -0.25) is 14.6 Å². The number of hydrazone groups is 1. The second-order valence-electron chi connectivity index (χ2n) is 8.05. The molecule has 34 heavy (non-hydrogen) atoms. The van der Waals surface area contributed by atoms with Crippen molar-refractivity contribution in [3.63, 3.8) is 0 Å². The Morgan fingerprint density at radius 2 is 1.21 bits per heavy atom. The van der Waals surface area contributed by atoms with Crippen LogP contribution in [0.4, 0.5) is 11.4 Å². The van der Waals surface area contributed by atoms with E-state index in [1.165, 1.54) is 0 Å². The fourth-order valence-corrected chi connectivity index (χ4v) is 4.27. The fraction of sp³-hybridized carbons (Fsp3) is 0.0690. The summed E-state index contributed by atoms with van der Waals surface area (Å²) in [4.78, 5) is 27.4. The molecule has 0 saturated carbocycles. The summed E-state index contributed by atoms with van der Waals surface area (Å²) < 4.78 is 0. The van der Waals surface area contributed by atoms with Gasteiger partial charge in [-0.15, -0.1) is 0 Å². The molecule has 0 unspecified atom stereocenters. The summed E-state index contributed by atoms with van der Waals surface area (Å²) in [6.45, 7) is 0. The number of para-hydroxylation sites is 2. The summed E-state index contributed by atoms with van der Waals surface area (Å²) in [5.74, 6) is -0.966. The van der Waals surface area contributed by atoms with Gasteiger partial charge in [-0.25, -0.2) is 0 Å². The minimum Gasteiger partial charge on any atom is -0.321 e. The van der Waals surface area contributed by atoms with Crippen LogP contribution in [0.15, 0.2) is 126 Å². The molecule has 166 valence electrons. The molecule has 0 saturated heterocycles. The lowest BCUT2D eigenvalue weighted by atomic mass is 9.83. The van der Waals surface area contributed by atoms with Crippen LogP contribution in [-0.4, -0.2) is 23.4 Å². The number of anilines is 2. The maximum absolute atomic E-state index is 13.9. The Labute approximate surface area is 198 Å². The number of hydrogen-bond donors (Lipinski definition) is 1. The van der Waals surface area contributed by atoms with E-state index in [0.29, 0.717) is 17.0 Å². The standard InChI is InChI=1S/C29H23N3O2/c33-28(22-15-7-2-8-16-22)27-25(21-13-5-1-6-14-21)26(29(34)30-23-17-9-3-10-18-23)31-32(27)24-19-11-4-12-20-24/h1-20,25,27H,(H,30,34)/t25-,27-/m1/s1. The van der Waals surface area contributed by atoms with Crippen molar-refractivity contribution < 1.29 is 9.59 Å². The first-order valence-corrected chi connectivity index (χ1v) is 11.2. The molecule has 1 N–H and O–H groups in total. The lowest BCUT2D eigenvalue weighted by Crippen LogP contribution is -2.41. The van der Waals surface area contributed by atoms with Gasteiger partial charge in [0.25, 0.3) is 5.91 Å². The number of carbonyl (C=O) groups is 2. The molecule has 5 heteroatoms. The molecule has 5 nitrogen and oxygen atoms in total. The molecule has 0 aromatic heterocycles. The van der Waals surface area contributed by atoms with Crippen LogP contribution in [0.1, 0.15) is 21.8 Å². The Morgan fingerprint density at radius 3 is 1.82 bits per heavy atom. The number of benzene rings is 4. The highest BCUT2D eigenvalue weighted by molar-refractivity contribution is 6.46. The summed E-state index contributed by atoms with van der Waals surface area (Å²) in [7, 11) is 0. The van der Waals surface area contributed by atoms with Crippen molar-refractivity contribution >= 4 is 28.8 Å². The van der Waals surface area contributed by atoms with E-state index in [1.54, 1.807) is 17.1 Å². The van der Waals surface area contributed by atoms with Gasteiger partial charge in [0.15, 0.2) is 5.78 Å². The van der Waals surface area contributed by atoms with Gasteiger partial charge in [0, 0.05) is 11.3 Å². The Hall–Kier alpha value is -4.51. The summed E-state index contributed by atoms with van der Waals surface area (Å²) in [5.41, 5.74) is 3.16. The lowest BCUT2D eigenvalue weighted by Gasteiger charge is -2.27. The molecule has 0 spiro atoms. The zero-order valence-electron chi connectivity index (χ0n) is 18.4. The number of nitrogens with one attached hydrogen (secondary N) is 1. The highest BCUT2D eigenvalue weighted by atomic mass is 16.2. The molecule has 0 fully saturated rings. The van der Waals surface area contributed by atoms with Crippen molar-refractivity contribution in [3.05, 3.63) is 132 Å². The molecule has 0 radical (unpaired) electrons. The van der Waals surface area contributed by atoms with Crippen LogP contribution in [0.25, 0.3) is 0 Å². The molecule has 1 aliphatic heterocycles. The normalized spacial score (nSPS) is 17.2.